The Hall–Kier alpha value is -1.27. The van der Waals surface area contributed by atoms with Crippen LogP contribution in [0.15, 0.2) is 17.1 Å². The minimum absolute atomic E-state index is 0. The Labute approximate surface area is 204 Å². The molecule has 8 nitrogen and oxygen atoms in total. The second kappa shape index (κ2) is 13.3. The van der Waals surface area contributed by atoms with Crippen LogP contribution in [0.2, 0.25) is 0 Å². The van der Waals surface area contributed by atoms with Gasteiger partial charge in [0.1, 0.15) is 0 Å². The number of hydrogen-bond acceptors (Lipinski definition) is 5. The normalized spacial score (nSPS) is 14.4. The second-order valence-electron chi connectivity index (χ2n) is 7.69. The molecule has 2 N–H and O–H groups in total. The molecule has 1 aromatic carbocycles. The number of hydrogen-bond donors (Lipinski definition) is 2. The number of sulfonamides is 1. The van der Waals surface area contributed by atoms with Gasteiger partial charge < -0.3 is 19.7 Å². The first-order valence-corrected chi connectivity index (χ1v) is 12.1. The summed E-state index contributed by atoms with van der Waals surface area (Å²) in [7, 11) is 1.86. The van der Waals surface area contributed by atoms with Crippen LogP contribution < -0.4 is 19.5 Å². The van der Waals surface area contributed by atoms with Gasteiger partial charge in [0.05, 0.1) is 26.5 Å². The van der Waals surface area contributed by atoms with Gasteiger partial charge in [-0.2, -0.15) is 0 Å². The molecule has 31 heavy (non-hydrogen) atoms. The van der Waals surface area contributed by atoms with Crippen molar-refractivity contribution < 1.29 is 17.9 Å². The van der Waals surface area contributed by atoms with E-state index in [2.05, 4.69) is 15.0 Å². The molecule has 0 atom stereocenters. The molecule has 178 valence electrons. The Balaban J connectivity index is 0.00000480. The van der Waals surface area contributed by atoms with Crippen molar-refractivity contribution >= 4 is 40.0 Å². The van der Waals surface area contributed by atoms with E-state index in [4.69, 9.17) is 9.47 Å². The number of methoxy groups -OCH3 is 2. The highest BCUT2D eigenvalue weighted by atomic mass is 127. The molecule has 0 aromatic heterocycles. The van der Waals surface area contributed by atoms with E-state index >= 15 is 0 Å². The second-order valence-corrected chi connectivity index (χ2v) is 9.62. The molecule has 0 spiro atoms. The Morgan fingerprint density at radius 3 is 2.42 bits per heavy atom. The fraction of sp³-hybridized carbons (Fsp3) is 0.667. The zero-order valence-electron chi connectivity index (χ0n) is 19.2. The van der Waals surface area contributed by atoms with Crippen LogP contribution in [0.5, 0.6) is 11.5 Å². The summed E-state index contributed by atoms with van der Waals surface area (Å²) in [6.07, 6.45) is 3.44. The Morgan fingerprint density at radius 2 is 1.87 bits per heavy atom. The highest BCUT2D eigenvalue weighted by molar-refractivity contribution is 14.0. The number of guanidine groups is 1. The largest absolute Gasteiger partial charge is 0.493 e. The number of halogens is 1. The number of nitrogens with zero attached hydrogens (tertiary/aromatic N) is 2. The van der Waals surface area contributed by atoms with Crippen LogP contribution in [0.1, 0.15) is 37.3 Å². The lowest BCUT2D eigenvalue weighted by Crippen LogP contribution is -2.39. The van der Waals surface area contributed by atoms with E-state index < -0.39 is 10.0 Å². The standard InChI is InChI=1S/C21H36N4O4S.HI/c1-6-22-21(23-10-11-30(26,27)24-14-17-8-7-9-17)25(3)15-18-13-20(29-5)19(28-4)12-16(18)2;/h12-13,17,24H,6-11,14-15H2,1-5H3,(H,22,23);1H. The summed E-state index contributed by atoms with van der Waals surface area (Å²) in [5, 5.41) is 3.23. The lowest BCUT2D eigenvalue weighted by molar-refractivity contribution is 0.316. The summed E-state index contributed by atoms with van der Waals surface area (Å²) in [6, 6.07) is 3.91. The van der Waals surface area contributed by atoms with Gasteiger partial charge in [-0.1, -0.05) is 6.42 Å². The molecule has 1 saturated carbocycles. The molecule has 1 fully saturated rings. The first kappa shape index (κ1) is 27.8. The molecular weight excluding hydrogens is 531 g/mol. The molecule has 10 heteroatoms. The van der Waals surface area contributed by atoms with Crippen LogP contribution in [0.4, 0.5) is 0 Å². The molecular formula is C21H37IN4O4S. The van der Waals surface area contributed by atoms with Crippen LogP contribution >= 0.6 is 24.0 Å². The molecule has 0 saturated heterocycles. The van der Waals surface area contributed by atoms with Gasteiger partial charge in [-0.15, -0.1) is 24.0 Å². The van der Waals surface area contributed by atoms with Gasteiger partial charge in [0.15, 0.2) is 17.5 Å². The van der Waals surface area contributed by atoms with Crippen molar-refractivity contribution in [2.75, 3.05) is 46.7 Å². The van der Waals surface area contributed by atoms with Crippen LogP contribution in [-0.2, 0) is 16.6 Å². The summed E-state index contributed by atoms with van der Waals surface area (Å²) in [6.45, 7) is 6.06. The van der Waals surface area contributed by atoms with Crippen molar-refractivity contribution in [2.45, 2.75) is 39.7 Å². The third-order valence-electron chi connectivity index (χ3n) is 5.38. The van der Waals surface area contributed by atoms with E-state index in [-0.39, 0.29) is 36.3 Å². The van der Waals surface area contributed by atoms with E-state index in [0.717, 1.165) is 24.0 Å². The number of aliphatic imine (C=N–C) groups is 1. The van der Waals surface area contributed by atoms with Crippen LogP contribution in [0.25, 0.3) is 0 Å². The Bertz CT molecular complexity index is 829. The lowest BCUT2D eigenvalue weighted by Gasteiger charge is -2.25. The van der Waals surface area contributed by atoms with Crippen molar-refractivity contribution in [3.8, 4) is 11.5 Å². The summed E-state index contributed by atoms with van der Waals surface area (Å²) in [4.78, 5) is 6.50. The van der Waals surface area contributed by atoms with Crippen molar-refractivity contribution in [3.05, 3.63) is 23.3 Å². The van der Waals surface area contributed by atoms with Crippen LogP contribution in [-0.4, -0.2) is 65.9 Å². The number of ether oxygens (including phenoxy) is 2. The molecule has 0 unspecified atom stereocenters. The van der Waals surface area contributed by atoms with Crippen LogP contribution in [0, 0.1) is 12.8 Å². The van der Waals surface area contributed by atoms with Crippen LogP contribution in [0.3, 0.4) is 0 Å². The summed E-state index contributed by atoms with van der Waals surface area (Å²) in [5.41, 5.74) is 2.16. The maximum absolute atomic E-state index is 12.2. The predicted molar refractivity (Wildman–Crippen MR) is 136 cm³/mol. The predicted octanol–water partition coefficient (Wildman–Crippen LogP) is 2.75. The minimum Gasteiger partial charge on any atom is -0.493 e. The van der Waals surface area contributed by atoms with Gasteiger partial charge in [0, 0.05) is 26.7 Å². The van der Waals surface area contributed by atoms with E-state index in [1.807, 2.05) is 37.9 Å². The van der Waals surface area contributed by atoms with Crippen molar-refractivity contribution in [1.29, 1.82) is 0 Å². The van der Waals surface area contributed by atoms with Gasteiger partial charge in [-0.05, 0) is 55.9 Å². The Morgan fingerprint density at radius 1 is 1.23 bits per heavy atom. The van der Waals surface area contributed by atoms with Crippen molar-refractivity contribution in [3.63, 3.8) is 0 Å². The minimum atomic E-state index is -3.31. The molecule has 0 aliphatic heterocycles. The molecule has 1 aliphatic carbocycles. The number of aryl methyl sites for hydroxylation is 1. The molecule has 1 aliphatic rings. The summed E-state index contributed by atoms with van der Waals surface area (Å²) >= 11 is 0. The van der Waals surface area contributed by atoms with E-state index in [1.165, 1.54) is 6.42 Å². The zero-order valence-corrected chi connectivity index (χ0v) is 22.4. The van der Waals surface area contributed by atoms with Gasteiger partial charge in [-0.25, -0.2) is 13.1 Å². The fourth-order valence-electron chi connectivity index (χ4n) is 3.28. The van der Waals surface area contributed by atoms with Gasteiger partial charge in [0.25, 0.3) is 0 Å². The quantitative estimate of drug-likeness (QED) is 0.243. The third kappa shape index (κ3) is 8.64. The number of rotatable bonds is 11. The highest BCUT2D eigenvalue weighted by Gasteiger charge is 2.20. The lowest BCUT2D eigenvalue weighted by atomic mass is 9.86. The van der Waals surface area contributed by atoms with Gasteiger partial charge in [-0.3, -0.25) is 4.99 Å². The van der Waals surface area contributed by atoms with Gasteiger partial charge in [0.2, 0.25) is 10.0 Å². The first-order valence-electron chi connectivity index (χ1n) is 10.5. The Kier molecular flexibility index (Phi) is 11.9. The van der Waals surface area contributed by atoms with Crippen molar-refractivity contribution in [2.24, 2.45) is 10.9 Å². The van der Waals surface area contributed by atoms with E-state index in [9.17, 15) is 8.42 Å². The molecule has 1 aromatic rings. The highest BCUT2D eigenvalue weighted by Crippen LogP contribution is 2.30. The maximum atomic E-state index is 12.2. The topological polar surface area (TPSA) is 92.3 Å². The number of nitrogens with one attached hydrogen (secondary N) is 2. The fourth-order valence-corrected chi connectivity index (χ4v) is 4.24. The molecule has 0 amide bonds. The first-order chi connectivity index (χ1) is 14.3. The summed E-state index contributed by atoms with van der Waals surface area (Å²) in [5.74, 6) is 2.52. The molecule has 0 radical (unpaired) electrons. The monoisotopic (exact) mass is 568 g/mol. The molecule has 0 bridgehead atoms. The SMILES string of the molecule is CCNC(=NCCS(=O)(=O)NCC1CCC1)N(C)Cc1cc(OC)c(OC)cc1C.I. The van der Waals surface area contributed by atoms with E-state index in [1.54, 1.807) is 14.2 Å². The number of benzene rings is 1. The summed E-state index contributed by atoms with van der Waals surface area (Å²) < 4.78 is 37.9. The van der Waals surface area contributed by atoms with Gasteiger partial charge >= 0.3 is 0 Å². The average Bonchev–Trinajstić information content (AvgIpc) is 2.67. The smallest absolute Gasteiger partial charge is 0.213 e. The average molecular weight is 569 g/mol. The maximum Gasteiger partial charge on any atom is 0.213 e. The van der Waals surface area contributed by atoms with Crippen molar-refractivity contribution in [1.82, 2.24) is 14.9 Å². The third-order valence-corrected chi connectivity index (χ3v) is 6.71. The van der Waals surface area contributed by atoms with E-state index in [0.29, 0.717) is 43.0 Å². The zero-order chi connectivity index (χ0) is 22.1. The molecule has 2 rings (SSSR count). The molecule has 0 heterocycles.